The molecule has 1 heterocycles. The molecule has 0 aliphatic carbocycles. The topological polar surface area (TPSA) is 88.6 Å². The van der Waals surface area contributed by atoms with Crippen LogP contribution in [0.4, 0.5) is 5.69 Å². The highest BCUT2D eigenvalue weighted by molar-refractivity contribution is 7.93. The number of aromatic nitrogens is 1. The Morgan fingerprint density at radius 2 is 1.69 bits per heavy atom. The number of nitrogens with zero attached hydrogens (tertiary/aromatic N) is 2. The third-order valence-electron chi connectivity index (χ3n) is 6.12. The third kappa shape index (κ3) is 4.90. The highest BCUT2D eigenvalue weighted by atomic mass is 32.2. The molecule has 1 amide bonds. The molecule has 1 unspecified atom stereocenters. The molecule has 0 spiro atoms. The fraction of sp³-hybridized carbons (Fsp3) is 0.214. The number of para-hydroxylation sites is 3. The van der Waals surface area contributed by atoms with Crippen molar-refractivity contribution in [1.82, 2.24) is 10.3 Å². The average Bonchev–Trinajstić information content (AvgIpc) is 2.90. The van der Waals surface area contributed by atoms with E-state index in [4.69, 9.17) is 4.74 Å². The number of hydrogen-bond acceptors (Lipinski definition) is 5. The Hall–Kier alpha value is -3.91. The molecule has 8 heteroatoms. The van der Waals surface area contributed by atoms with Crippen LogP contribution in [0.2, 0.25) is 0 Å². The van der Waals surface area contributed by atoms with Crippen molar-refractivity contribution in [2.24, 2.45) is 0 Å². The number of methoxy groups -OCH3 is 1. The van der Waals surface area contributed by atoms with Crippen LogP contribution in [-0.4, -0.2) is 32.5 Å². The van der Waals surface area contributed by atoms with Crippen LogP contribution in [-0.2, 0) is 21.4 Å². The maximum atomic E-state index is 14.1. The molecule has 3 aromatic carbocycles. The van der Waals surface area contributed by atoms with Gasteiger partial charge in [-0.15, -0.1) is 0 Å². The Balaban J connectivity index is 1.74. The molecule has 0 fully saturated rings. The summed E-state index contributed by atoms with van der Waals surface area (Å²) in [6, 6.07) is 22.1. The lowest BCUT2D eigenvalue weighted by molar-refractivity contribution is -0.122. The van der Waals surface area contributed by atoms with Gasteiger partial charge >= 0.3 is 0 Å². The zero-order chi connectivity index (χ0) is 25.7. The van der Waals surface area contributed by atoms with Gasteiger partial charge in [-0.2, -0.15) is 0 Å². The van der Waals surface area contributed by atoms with Gasteiger partial charge in [0.25, 0.3) is 10.0 Å². The summed E-state index contributed by atoms with van der Waals surface area (Å²) in [6.45, 7) is 3.77. The number of amides is 1. The van der Waals surface area contributed by atoms with Crippen LogP contribution in [0.5, 0.6) is 5.75 Å². The number of aryl methyl sites for hydroxylation is 1. The Morgan fingerprint density at radius 3 is 2.44 bits per heavy atom. The molecule has 4 aromatic rings. The Kier molecular flexibility index (Phi) is 7.55. The lowest BCUT2D eigenvalue weighted by Gasteiger charge is -2.32. The van der Waals surface area contributed by atoms with Crippen LogP contribution < -0.4 is 14.4 Å². The second-order valence-electron chi connectivity index (χ2n) is 8.37. The van der Waals surface area contributed by atoms with Gasteiger partial charge in [0.1, 0.15) is 11.8 Å². The normalized spacial score (nSPS) is 12.2. The zero-order valence-electron chi connectivity index (χ0n) is 20.5. The fourth-order valence-corrected chi connectivity index (χ4v) is 6.22. The molecule has 186 valence electrons. The Bertz CT molecular complexity index is 1480. The van der Waals surface area contributed by atoms with Crippen LogP contribution >= 0.6 is 0 Å². The van der Waals surface area contributed by atoms with E-state index in [0.717, 1.165) is 16.5 Å². The van der Waals surface area contributed by atoms with Crippen molar-refractivity contribution in [3.63, 3.8) is 0 Å². The summed E-state index contributed by atoms with van der Waals surface area (Å²) >= 11 is 0. The zero-order valence-corrected chi connectivity index (χ0v) is 21.3. The monoisotopic (exact) mass is 503 g/mol. The lowest BCUT2D eigenvalue weighted by Crippen LogP contribution is -2.49. The Morgan fingerprint density at radius 1 is 1.00 bits per heavy atom. The van der Waals surface area contributed by atoms with Gasteiger partial charge in [-0.1, -0.05) is 55.5 Å². The van der Waals surface area contributed by atoms with Gasteiger partial charge in [0.2, 0.25) is 5.91 Å². The molecule has 1 aromatic heterocycles. The second kappa shape index (κ2) is 10.8. The smallest absolute Gasteiger partial charge is 0.265 e. The first-order valence-electron chi connectivity index (χ1n) is 11.7. The van der Waals surface area contributed by atoms with Crippen molar-refractivity contribution in [1.29, 1.82) is 0 Å². The number of sulfonamides is 1. The number of fused-ring (bicyclic) bond motifs is 1. The van der Waals surface area contributed by atoms with Crippen molar-refractivity contribution in [3.05, 3.63) is 96.2 Å². The number of anilines is 1. The van der Waals surface area contributed by atoms with Crippen molar-refractivity contribution < 1.29 is 17.9 Å². The van der Waals surface area contributed by atoms with Crippen LogP contribution in [0.3, 0.4) is 0 Å². The minimum atomic E-state index is -4.11. The quantitative estimate of drug-likeness (QED) is 0.353. The van der Waals surface area contributed by atoms with Gasteiger partial charge in [0.15, 0.2) is 0 Å². The van der Waals surface area contributed by atoms with E-state index in [2.05, 4.69) is 10.3 Å². The molecular formula is C28H29N3O4S. The maximum absolute atomic E-state index is 14.1. The lowest BCUT2D eigenvalue weighted by atomic mass is 10.1. The summed E-state index contributed by atoms with van der Waals surface area (Å²) in [5.74, 6) is -0.0394. The second-order valence-corrected chi connectivity index (χ2v) is 10.2. The van der Waals surface area contributed by atoms with Crippen molar-refractivity contribution in [3.8, 4) is 5.75 Å². The number of rotatable bonds is 9. The molecule has 0 aliphatic heterocycles. The molecule has 0 saturated carbocycles. The highest BCUT2D eigenvalue weighted by Crippen LogP contribution is 2.35. The summed E-state index contributed by atoms with van der Waals surface area (Å²) in [7, 11) is -2.63. The minimum absolute atomic E-state index is 0.141. The molecule has 4 rings (SSSR count). The van der Waals surface area contributed by atoms with E-state index in [1.54, 1.807) is 68.6 Å². The molecule has 0 radical (unpaired) electrons. The van der Waals surface area contributed by atoms with E-state index >= 15 is 0 Å². The first kappa shape index (κ1) is 25.2. The number of benzene rings is 3. The van der Waals surface area contributed by atoms with E-state index in [0.29, 0.717) is 17.0 Å². The molecular weight excluding hydrogens is 474 g/mol. The highest BCUT2D eigenvalue weighted by Gasteiger charge is 2.37. The molecule has 36 heavy (non-hydrogen) atoms. The number of nitrogens with one attached hydrogen (secondary N) is 1. The predicted molar refractivity (Wildman–Crippen MR) is 142 cm³/mol. The van der Waals surface area contributed by atoms with Crippen LogP contribution in [0, 0.1) is 6.92 Å². The standard InChI is InChI=1S/C28H29N3O4S/c1-4-24(28(32)30-19-21-17-18-29-23-13-7-6-12-22(21)23)31(25-14-8-9-15-26(25)35-3)36(33,34)27-16-10-5-11-20(27)2/h5-18,24H,4,19H2,1-3H3,(H,30,32). The summed E-state index contributed by atoms with van der Waals surface area (Å²) in [4.78, 5) is 18.1. The van der Waals surface area contributed by atoms with Gasteiger partial charge in [0, 0.05) is 18.1 Å². The van der Waals surface area contributed by atoms with Crippen molar-refractivity contribution >= 4 is 32.5 Å². The fourth-order valence-electron chi connectivity index (χ4n) is 4.30. The predicted octanol–water partition coefficient (Wildman–Crippen LogP) is 4.84. The summed E-state index contributed by atoms with van der Waals surface area (Å²) in [6.07, 6.45) is 1.96. The van der Waals surface area contributed by atoms with Gasteiger partial charge < -0.3 is 10.1 Å². The number of carbonyl (C=O) groups is 1. The Labute approximate surface area is 211 Å². The van der Waals surface area contributed by atoms with E-state index in [-0.39, 0.29) is 17.9 Å². The number of ether oxygens (including phenoxy) is 1. The van der Waals surface area contributed by atoms with E-state index in [1.165, 1.54) is 11.4 Å². The molecule has 0 bridgehead atoms. The molecule has 7 nitrogen and oxygen atoms in total. The van der Waals surface area contributed by atoms with Crippen LogP contribution in [0.15, 0.2) is 90.0 Å². The van der Waals surface area contributed by atoms with Gasteiger partial charge in [-0.05, 0) is 54.8 Å². The molecule has 1 N–H and O–H groups in total. The van der Waals surface area contributed by atoms with Crippen LogP contribution in [0.25, 0.3) is 10.9 Å². The minimum Gasteiger partial charge on any atom is -0.495 e. The summed E-state index contributed by atoms with van der Waals surface area (Å²) in [5.41, 5.74) is 2.62. The van der Waals surface area contributed by atoms with Crippen LogP contribution in [0.1, 0.15) is 24.5 Å². The molecule has 0 saturated heterocycles. The SMILES string of the molecule is CCC(C(=O)NCc1ccnc2ccccc12)N(c1ccccc1OC)S(=O)(=O)c1ccccc1C. The first-order chi connectivity index (χ1) is 17.4. The first-order valence-corrected chi connectivity index (χ1v) is 13.2. The number of carbonyl (C=O) groups excluding carboxylic acids is 1. The largest absolute Gasteiger partial charge is 0.495 e. The maximum Gasteiger partial charge on any atom is 0.265 e. The van der Waals surface area contributed by atoms with Gasteiger partial charge in [0.05, 0.1) is 23.2 Å². The third-order valence-corrected chi connectivity index (χ3v) is 8.10. The van der Waals surface area contributed by atoms with Crippen molar-refractivity contribution in [2.75, 3.05) is 11.4 Å². The van der Waals surface area contributed by atoms with E-state index in [1.807, 2.05) is 30.3 Å². The number of pyridine rings is 1. The van der Waals surface area contributed by atoms with Gasteiger partial charge in [-0.3, -0.25) is 14.1 Å². The average molecular weight is 504 g/mol. The number of hydrogen-bond donors (Lipinski definition) is 1. The molecule has 0 aliphatic rings. The van der Waals surface area contributed by atoms with E-state index in [9.17, 15) is 13.2 Å². The summed E-state index contributed by atoms with van der Waals surface area (Å²) in [5, 5.41) is 3.89. The summed E-state index contributed by atoms with van der Waals surface area (Å²) < 4.78 is 34.8. The van der Waals surface area contributed by atoms with Gasteiger partial charge in [-0.25, -0.2) is 8.42 Å². The molecule has 1 atom stereocenters. The van der Waals surface area contributed by atoms with E-state index < -0.39 is 22.0 Å². The van der Waals surface area contributed by atoms with Crippen molar-refractivity contribution in [2.45, 2.75) is 37.8 Å².